The van der Waals surface area contributed by atoms with E-state index in [9.17, 15) is 55.5 Å². The highest BCUT2D eigenvalue weighted by Crippen LogP contribution is 2.62. The largest absolute Gasteiger partial charge is 0.508 e. The smallest absolute Gasteiger partial charge is 0.201 e. The quantitative estimate of drug-likeness (QED) is 0.0642. The van der Waals surface area contributed by atoms with Crippen molar-refractivity contribution < 1.29 is 46.0 Å². The van der Waals surface area contributed by atoms with Gasteiger partial charge in [0.2, 0.25) is 10.9 Å². The average molecular weight is 713 g/mol. The molecule has 0 spiro atoms. The van der Waals surface area contributed by atoms with Crippen LogP contribution in [0.4, 0.5) is 0 Å². The van der Waals surface area contributed by atoms with Crippen molar-refractivity contribution in [2.45, 2.75) is 52.4 Å². The molecule has 0 fully saturated rings. The van der Waals surface area contributed by atoms with E-state index in [2.05, 4.69) is 0 Å². The lowest BCUT2D eigenvalue weighted by Crippen LogP contribution is -2.11. The number of rotatable bonds is 3. The molecule has 8 aromatic carbocycles. The maximum Gasteiger partial charge on any atom is 0.201 e. The number of phenols is 9. The van der Waals surface area contributed by atoms with Crippen molar-refractivity contribution in [3.8, 4) is 51.7 Å². The summed E-state index contributed by atoms with van der Waals surface area (Å²) < 4.78 is 0. The van der Waals surface area contributed by atoms with Gasteiger partial charge in [0.05, 0.1) is 21.5 Å². The lowest BCUT2D eigenvalue weighted by Gasteiger charge is -2.25. The van der Waals surface area contributed by atoms with E-state index < -0.39 is 74.6 Å². The second-order valence-corrected chi connectivity index (χ2v) is 14.8. The molecule has 0 heterocycles. The summed E-state index contributed by atoms with van der Waals surface area (Å²) >= 11 is 0. The first-order chi connectivity index (χ1) is 25.0. The van der Waals surface area contributed by atoms with Crippen LogP contribution in [-0.2, 0) is 0 Å². The first-order valence-corrected chi connectivity index (χ1v) is 17.1. The SMILES string of the molecule is Cc1c(O)c2c3c(c1O)c(=O)c1c(O)c(C(C)C)c(O)c4c5c(O)c(C(C)C)c(O)c6c(=O)c7c(O)cc(O)c(c7c(c65)c3c14)C2c1ccc(O)cc1. The van der Waals surface area contributed by atoms with Crippen LogP contribution in [0.3, 0.4) is 0 Å². The van der Waals surface area contributed by atoms with E-state index in [0.717, 1.165) is 6.07 Å². The zero-order chi connectivity index (χ0) is 38.0. The molecule has 1 atom stereocenters. The van der Waals surface area contributed by atoms with Crippen LogP contribution in [0.5, 0.6) is 51.7 Å². The molecule has 9 N–H and O–H groups in total. The maximum absolute atomic E-state index is 15.0. The lowest BCUT2D eigenvalue weighted by molar-refractivity contribution is 0.438. The number of fused-ring (bicyclic) bond motifs is 1. The third-order valence-electron chi connectivity index (χ3n) is 11.4. The van der Waals surface area contributed by atoms with E-state index in [1.165, 1.54) is 31.2 Å². The highest BCUT2D eigenvalue weighted by Gasteiger charge is 2.40. The first kappa shape index (κ1) is 32.3. The molecule has 1 unspecified atom stereocenters. The second kappa shape index (κ2) is 10.0. The van der Waals surface area contributed by atoms with Gasteiger partial charge in [0, 0.05) is 82.9 Å². The van der Waals surface area contributed by atoms with E-state index in [4.69, 9.17) is 0 Å². The third-order valence-corrected chi connectivity index (χ3v) is 11.4. The van der Waals surface area contributed by atoms with Gasteiger partial charge in [-0.05, 0) is 36.5 Å². The number of benzene rings is 8. The summed E-state index contributed by atoms with van der Waals surface area (Å²) in [5.74, 6) is -6.96. The summed E-state index contributed by atoms with van der Waals surface area (Å²) in [4.78, 5) is 29.9. The molecule has 9 rings (SSSR count). The fraction of sp³-hybridized carbons (Fsp3) is 0.190. The zero-order valence-electron chi connectivity index (χ0n) is 29.0. The van der Waals surface area contributed by atoms with E-state index in [1.807, 2.05) is 0 Å². The van der Waals surface area contributed by atoms with Crippen molar-refractivity contribution in [2.24, 2.45) is 0 Å². The van der Waals surface area contributed by atoms with Gasteiger partial charge >= 0.3 is 0 Å². The number of hydrogen-bond donors (Lipinski definition) is 9. The molecule has 11 nitrogen and oxygen atoms in total. The van der Waals surface area contributed by atoms with Crippen molar-refractivity contribution in [1.29, 1.82) is 0 Å². The van der Waals surface area contributed by atoms with Crippen LogP contribution >= 0.6 is 0 Å². The minimum atomic E-state index is -1.24. The maximum atomic E-state index is 15.0. The van der Waals surface area contributed by atoms with Gasteiger partial charge in [0.25, 0.3) is 0 Å². The Morgan fingerprint density at radius 2 is 0.868 bits per heavy atom. The molecular weight excluding hydrogens is 680 g/mol. The molecular formula is C42H32O11. The van der Waals surface area contributed by atoms with Crippen LogP contribution < -0.4 is 10.9 Å². The van der Waals surface area contributed by atoms with Crippen molar-refractivity contribution in [2.75, 3.05) is 0 Å². The fourth-order valence-corrected chi connectivity index (χ4v) is 9.24. The molecule has 0 saturated heterocycles. The van der Waals surface area contributed by atoms with Crippen LogP contribution in [0.1, 0.15) is 78.8 Å². The summed E-state index contributed by atoms with van der Waals surface area (Å²) in [5, 5.41) is 104. The summed E-state index contributed by atoms with van der Waals surface area (Å²) in [5.41, 5.74) is -1.57. The van der Waals surface area contributed by atoms with Crippen molar-refractivity contribution in [3.63, 3.8) is 0 Å². The standard InChI is InChI=1S/C42H32O11/c1-11(2)18-37(48)30-27-24-23-21(16(44)10-17(45)22(23)41(52)33(27)39(18)50)20(14-6-8-15(43)9-7-14)29-26-25(24)28-31(30)38(49)19(12(3)4)40(51)34(28)42(53)32(26)36(47)13(5)35(29)46/h6-12,20,43-51H,1-5H3. The minimum absolute atomic E-state index is 0.00244. The predicted octanol–water partition coefficient (Wildman–Crippen LogP) is 7.60. The third kappa shape index (κ3) is 3.54. The normalized spacial score (nSPS) is 14.4. The van der Waals surface area contributed by atoms with E-state index in [-0.39, 0.29) is 98.2 Å². The molecule has 1 aliphatic rings. The predicted molar refractivity (Wildman–Crippen MR) is 202 cm³/mol. The van der Waals surface area contributed by atoms with Gasteiger partial charge in [-0.15, -0.1) is 0 Å². The second-order valence-electron chi connectivity index (χ2n) is 14.8. The van der Waals surface area contributed by atoms with Gasteiger partial charge in [0.1, 0.15) is 51.7 Å². The van der Waals surface area contributed by atoms with Crippen molar-refractivity contribution in [3.05, 3.63) is 84.2 Å². The molecule has 266 valence electrons. The molecule has 1 aliphatic carbocycles. The van der Waals surface area contributed by atoms with Crippen LogP contribution in [0, 0.1) is 6.92 Å². The number of aromatic hydroxyl groups is 9. The average Bonchev–Trinajstić information content (AvgIpc) is 3.21. The van der Waals surface area contributed by atoms with Gasteiger partial charge in [-0.25, -0.2) is 0 Å². The van der Waals surface area contributed by atoms with Crippen molar-refractivity contribution in [1.82, 2.24) is 0 Å². The molecule has 0 aromatic heterocycles. The Morgan fingerprint density at radius 1 is 0.453 bits per heavy atom. The van der Waals surface area contributed by atoms with Crippen LogP contribution in [0.25, 0.3) is 64.6 Å². The van der Waals surface area contributed by atoms with Crippen molar-refractivity contribution >= 4 is 64.6 Å². The molecule has 53 heavy (non-hydrogen) atoms. The van der Waals surface area contributed by atoms with E-state index in [0.29, 0.717) is 5.56 Å². The van der Waals surface area contributed by atoms with Crippen LogP contribution in [0.15, 0.2) is 39.9 Å². The molecule has 0 aliphatic heterocycles. The van der Waals surface area contributed by atoms with Gasteiger partial charge in [-0.3, -0.25) is 9.59 Å². The summed E-state index contributed by atoms with van der Waals surface area (Å²) in [7, 11) is 0. The van der Waals surface area contributed by atoms with Crippen LogP contribution in [0.2, 0.25) is 0 Å². The van der Waals surface area contributed by atoms with Gasteiger partial charge in [-0.1, -0.05) is 39.8 Å². The molecule has 8 aromatic rings. The molecule has 0 amide bonds. The summed E-state index contributed by atoms with van der Waals surface area (Å²) in [6, 6.07) is 6.76. The fourth-order valence-electron chi connectivity index (χ4n) is 9.24. The highest BCUT2D eigenvalue weighted by atomic mass is 16.3. The Hall–Kier alpha value is -6.62. The first-order valence-electron chi connectivity index (χ1n) is 17.1. The minimum Gasteiger partial charge on any atom is -0.508 e. The Morgan fingerprint density at radius 3 is 1.36 bits per heavy atom. The Bertz CT molecular complexity index is 3150. The monoisotopic (exact) mass is 712 g/mol. The number of hydrogen-bond acceptors (Lipinski definition) is 11. The Kier molecular flexibility index (Phi) is 6.11. The molecule has 11 heteroatoms. The summed E-state index contributed by atoms with van der Waals surface area (Å²) in [6.07, 6.45) is 0. The Labute approximate surface area is 298 Å². The molecule has 0 radical (unpaired) electrons. The zero-order valence-corrected chi connectivity index (χ0v) is 29.0. The van der Waals surface area contributed by atoms with Gasteiger partial charge in [0.15, 0.2) is 0 Å². The van der Waals surface area contributed by atoms with E-state index >= 15 is 0 Å². The van der Waals surface area contributed by atoms with Gasteiger partial charge in [-0.2, -0.15) is 0 Å². The lowest BCUT2D eigenvalue weighted by atomic mass is 9.79. The highest BCUT2D eigenvalue weighted by molar-refractivity contribution is 6.46. The Balaban J connectivity index is 1.84. The van der Waals surface area contributed by atoms with Crippen LogP contribution in [-0.4, -0.2) is 46.0 Å². The number of phenolic OH excluding ortho intramolecular Hbond substituents is 9. The topological polar surface area (TPSA) is 216 Å². The molecule has 0 bridgehead atoms. The van der Waals surface area contributed by atoms with E-state index in [1.54, 1.807) is 27.7 Å². The van der Waals surface area contributed by atoms with Gasteiger partial charge < -0.3 is 46.0 Å². The summed E-state index contributed by atoms with van der Waals surface area (Å²) in [6.45, 7) is 8.10. The molecule has 0 saturated carbocycles.